The van der Waals surface area contributed by atoms with Gasteiger partial charge in [0.15, 0.2) is 0 Å². The van der Waals surface area contributed by atoms with Crippen molar-refractivity contribution in [3.63, 3.8) is 0 Å². The molecule has 2 heterocycles. The second-order valence-corrected chi connectivity index (χ2v) is 7.45. The SMILES string of the molecule is CC1CCCN(C(=O)N2CC(C)(C)OC(C)(C)C2)C1. The number of urea groups is 1. The maximum absolute atomic E-state index is 12.7. The number of rotatable bonds is 0. The molecule has 19 heavy (non-hydrogen) atoms. The van der Waals surface area contributed by atoms with Crippen molar-refractivity contribution < 1.29 is 9.53 Å². The summed E-state index contributed by atoms with van der Waals surface area (Å²) in [7, 11) is 0. The molecular formula is C15H28N2O2. The van der Waals surface area contributed by atoms with Gasteiger partial charge >= 0.3 is 6.03 Å². The average Bonchev–Trinajstić information content (AvgIpc) is 2.23. The molecule has 0 bridgehead atoms. The van der Waals surface area contributed by atoms with Crippen LogP contribution in [0.3, 0.4) is 0 Å². The fraction of sp³-hybridized carbons (Fsp3) is 0.933. The zero-order valence-electron chi connectivity index (χ0n) is 13.0. The van der Waals surface area contributed by atoms with E-state index in [0.29, 0.717) is 19.0 Å². The molecule has 2 aliphatic rings. The molecule has 0 N–H and O–H groups in total. The Kier molecular flexibility index (Phi) is 3.83. The third-order valence-electron chi connectivity index (χ3n) is 3.89. The van der Waals surface area contributed by atoms with Gasteiger partial charge in [-0.15, -0.1) is 0 Å². The molecule has 2 amide bonds. The fourth-order valence-electron chi connectivity index (χ4n) is 3.49. The van der Waals surface area contributed by atoms with Gasteiger partial charge < -0.3 is 14.5 Å². The van der Waals surface area contributed by atoms with Crippen molar-refractivity contribution in [1.29, 1.82) is 0 Å². The van der Waals surface area contributed by atoms with Crippen molar-refractivity contribution in [2.24, 2.45) is 5.92 Å². The Bertz CT molecular complexity index is 336. The van der Waals surface area contributed by atoms with E-state index in [1.165, 1.54) is 6.42 Å². The number of hydrogen-bond donors (Lipinski definition) is 0. The first kappa shape index (κ1) is 14.6. The number of hydrogen-bond acceptors (Lipinski definition) is 2. The van der Waals surface area contributed by atoms with Crippen molar-refractivity contribution in [3.8, 4) is 0 Å². The largest absolute Gasteiger partial charge is 0.366 e. The standard InChI is InChI=1S/C15H28N2O2/c1-12-7-6-8-16(9-12)13(18)17-10-14(2,3)19-15(4,5)11-17/h12H,6-11H2,1-5H3. The summed E-state index contributed by atoms with van der Waals surface area (Å²) in [5.74, 6) is 0.625. The van der Waals surface area contributed by atoms with Crippen molar-refractivity contribution >= 4 is 6.03 Å². The summed E-state index contributed by atoms with van der Waals surface area (Å²) in [5.41, 5.74) is -0.530. The van der Waals surface area contributed by atoms with Crippen LogP contribution in [-0.4, -0.2) is 53.2 Å². The van der Waals surface area contributed by atoms with Crippen LogP contribution in [0.1, 0.15) is 47.5 Å². The van der Waals surface area contributed by atoms with E-state index in [9.17, 15) is 4.79 Å². The molecule has 2 saturated heterocycles. The molecule has 1 atom stereocenters. The Hall–Kier alpha value is -0.770. The molecule has 0 aliphatic carbocycles. The van der Waals surface area contributed by atoms with Crippen molar-refractivity contribution in [2.75, 3.05) is 26.2 Å². The Balaban J connectivity index is 2.05. The van der Waals surface area contributed by atoms with Gasteiger partial charge in [0, 0.05) is 13.1 Å². The lowest BCUT2D eigenvalue weighted by molar-refractivity contribution is -0.172. The predicted octanol–water partition coefficient (Wildman–Crippen LogP) is 2.73. The van der Waals surface area contributed by atoms with E-state index < -0.39 is 0 Å². The van der Waals surface area contributed by atoms with E-state index in [1.807, 2.05) is 9.80 Å². The monoisotopic (exact) mass is 268 g/mol. The highest BCUT2D eigenvalue weighted by molar-refractivity contribution is 5.75. The molecule has 2 aliphatic heterocycles. The summed E-state index contributed by atoms with van der Waals surface area (Å²) in [6.07, 6.45) is 2.37. The summed E-state index contributed by atoms with van der Waals surface area (Å²) >= 11 is 0. The smallest absolute Gasteiger partial charge is 0.320 e. The predicted molar refractivity (Wildman–Crippen MR) is 76.2 cm³/mol. The van der Waals surface area contributed by atoms with Crippen molar-refractivity contribution in [1.82, 2.24) is 9.80 Å². The van der Waals surface area contributed by atoms with Crippen LogP contribution in [0.15, 0.2) is 0 Å². The molecule has 0 aromatic rings. The third kappa shape index (κ3) is 3.62. The lowest BCUT2D eigenvalue weighted by atomic mass is 9.98. The first-order valence-electron chi connectivity index (χ1n) is 7.43. The number of amides is 2. The van der Waals surface area contributed by atoms with E-state index in [0.717, 1.165) is 19.5 Å². The molecular weight excluding hydrogens is 240 g/mol. The average molecular weight is 268 g/mol. The molecule has 1 unspecified atom stereocenters. The van der Waals surface area contributed by atoms with Crippen LogP contribution in [0.4, 0.5) is 4.79 Å². The Labute approximate surface area is 117 Å². The number of morpholine rings is 1. The summed E-state index contributed by atoms with van der Waals surface area (Å²) in [5, 5.41) is 0. The van der Waals surface area contributed by atoms with E-state index in [2.05, 4.69) is 34.6 Å². The van der Waals surface area contributed by atoms with Crippen LogP contribution in [0.25, 0.3) is 0 Å². The van der Waals surface area contributed by atoms with Crippen LogP contribution in [0, 0.1) is 5.92 Å². The minimum absolute atomic E-state index is 0.191. The molecule has 2 fully saturated rings. The Morgan fingerprint density at radius 3 is 2.21 bits per heavy atom. The maximum atomic E-state index is 12.7. The quantitative estimate of drug-likeness (QED) is 0.677. The normalized spacial score (nSPS) is 30.3. The number of likely N-dealkylation sites (tertiary alicyclic amines) is 1. The van der Waals surface area contributed by atoms with Crippen LogP contribution >= 0.6 is 0 Å². The van der Waals surface area contributed by atoms with Gasteiger partial charge in [0.05, 0.1) is 24.3 Å². The first-order chi connectivity index (χ1) is 8.69. The summed E-state index contributed by atoms with van der Waals surface area (Å²) in [6, 6.07) is 0.191. The fourth-order valence-corrected chi connectivity index (χ4v) is 3.49. The maximum Gasteiger partial charge on any atom is 0.320 e. The Morgan fingerprint density at radius 1 is 1.11 bits per heavy atom. The van der Waals surface area contributed by atoms with Gasteiger partial charge in [-0.2, -0.15) is 0 Å². The number of carbonyl (C=O) groups excluding carboxylic acids is 1. The first-order valence-corrected chi connectivity index (χ1v) is 7.43. The molecule has 110 valence electrons. The highest BCUT2D eigenvalue weighted by Crippen LogP contribution is 2.29. The number of nitrogens with zero attached hydrogens (tertiary/aromatic N) is 2. The van der Waals surface area contributed by atoms with E-state index in [4.69, 9.17) is 4.74 Å². The van der Waals surface area contributed by atoms with Gasteiger partial charge in [-0.25, -0.2) is 4.79 Å². The lowest BCUT2D eigenvalue weighted by Crippen LogP contribution is -2.61. The second-order valence-electron chi connectivity index (χ2n) is 7.45. The summed E-state index contributed by atoms with van der Waals surface area (Å²) in [4.78, 5) is 16.7. The zero-order chi connectivity index (χ0) is 14.3. The number of carbonyl (C=O) groups is 1. The molecule has 4 nitrogen and oxygen atoms in total. The van der Waals surface area contributed by atoms with Gasteiger partial charge in [0.2, 0.25) is 0 Å². The molecule has 0 saturated carbocycles. The van der Waals surface area contributed by atoms with Gasteiger partial charge in [-0.05, 0) is 46.5 Å². The van der Waals surface area contributed by atoms with E-state index in [1.54, 1.807) is 0 Å². The van der Waals surface area contributed by atoms with Gasteiger partial charge in [-0.3, -0.25) is 0 Å². The van der Waals surface area contributed by atoms with Gasteiger partial charge in [0.25, 0.3) is 0 Å². The zero-order valence-corrected chi connectivity index (χ0v) is 13.0. The molecule has 0 aromatic carbocycles. The summed E-state index contributed by atoms with van der Waals surface area (Å²) in [6.45, 7) is 13.6. The highest BCUT2D eigenvalue weighted by atomic mass is 16.5. The molecule has 2 rings (SSSR count). The summed E-state index contributed by atoms with van der Waals surface area (Å²) < 4.78 is 6.04. The topological polar surface area (TPSA) is 32.8 Å². The Morgan fingerprint density at radius 2 is 1.68 bits per heavy atom. The van der Waals surface area contributed by atoms with Gasteiger partial charge in [-0.1, -0.05) is 6.92 Å². The van der Waals surface area contributed by atoms with Crippen LogP contribution in [0.5, 0.6) is 0 Å². The molecule has 0 radical (unpaired) electrons. The molecule has 0 spiro atoms. The second kappa shape index (κ2) is 4.97. The van der Waals surface area contributed by atoms with E-state index in [-0.39, 0.29) is 17.2 Å². The minimum Gasteiger partial charge on any atom is -0.366 e. The number of ether oxygens (including phenoxy) is 1. The number of piperidine rings is 1. The third-order valence-corrected chi connectivity index (χ3v) is 3.89. The molecule has 0 aromatic heterocycles. The van der Waals surface area contributed by atoms with Crippen LogP contribution in [-0.2, 0) is 4.74 Å². The van der Waals surface area contributed by atoms with Crippen LogP contribution < -0.4 is 0 Å². The van der Waals surface area contributed by atoms with Crippen LogP contribution in [0.2, 0.25) is 0 Å². The molecule has 4 heteroatoms. The van der Waals surface area contributed by atoms with E-state index >= 15 is 0 Å². The minimum atomic E-state index is -0.265. The van der Waals surface area contributed by atoms with Crippen molar-refractivity contribution in [3.05, 3.63) is 0 Å². The van der Waals surface area contributed by atoms with Gasteiger partial charge in [0.1, 0.15) is 0 Å². The lowest BCUT2D eigenvalue weighted by Gasteiger charge is -2.48. The van der Waals surface area contributed by atoms with Crippen molar-refractivity contribution in [2.45, 2.75) is 58.7 Å². The highest BCUT2D eigenvalue weighted by Gasteiger charge is 2.41.